The van der Waals surface area contributed by atoms with Gasteiger partial charge in [-0.15, -0.1) is 0 Å². The monoisotopic (exact) mass is 281 g/mol. The lowest BCUT2D eigenvalue weighted by atomic mass is 10.1. The van der Waals surface area contributed by atoms with Crippen LogP contribution in [-0.4, -0.2) is 13.2 Å². The zero-order chi connectivity index (χ0) is 14.8. The molecule has 0 aliphatic carbocycles. The molecule has 0 unspecified atom stereocenters. The van der Waals surface area contributed by atoms with Crippen LogP contribution in [0, 0.1) is 18.3 Å². The molecule has 1 aliphatic heterocycles. The number of nitrogens with zero attached hydrogens (tertiary/aromatic N) is 1. The van der Waals surface area contributed by atoms with Crippen molar-refractivity contribution in [3.63, 3.8) is 0 Å². The van der Waals surface area contributed by atoms with Crippen LogP contribution in [0.5, 0.6) is 11.5 Å². The predicted octanol–water partition coefficient (Wildman–Crippen LogP) is 2.96. The summed E-state index contributed by atoms with van der Waals surface area (Å²) >= 11 is 0. The fourth-order valence-electron chi connectivity index (χ4n) is 2.28. The summed E-state index contributed by atoms with van der Waals surface area (Å²) in [6.07, 6.45) is 0. The van der Waals surface area contributed by atoms with Crippen LogP contribution in [0.4, 0.5) is 17.1 Å². The Hall–Kier alpha value is -2.87. The van der Waals surface area contributed by atoms with Gasteiger partial charge >= 0.3 is 0 Å². The van der Waals surface area contributed by atoms with Gasteiger partial charge in [0.25, 0.3) is 0 Å². The van der Waals surface area contributed by atoms with E-state index in [0.717, 1.165) is 11.3 Å². The Balaban J connectivity index is 1.99. The topological polar surface area (TPSA) is 80.3 Å². The van der Waals surface area contributed by atoms with Gasteiger partial charge in [-0.05, 0) is 18.6 Å². The second-order valence-electron chi connectivity index (χ2n) is 4.82. The number of anilines is 3. The van der Waals surface area contributed by atoms with Gasteiger partial charge in [0, 0.05) is 12.1 Å². The number of ether oxygens (including phenoxy) is 2. The normalized spacial score (nSPS) is 12.6. The molecule has 0 saturated carbocycles. The molecule has 0 spiro atoms. The summed E-state index contributed by atoms with van der Waals surface area (Å²) in [4.78, 5) is 0. The highest BCUT2D eigenvalue weighted by Gasteiger charge is 2.15. The van der Waals surface area contributed by atoms with Crippen LogP contribution in [0.15, 0.2) is 30.3 Å². The third-order valence-corrected chi connectivity index (χ3v) is 3.37. The third kappa shape index (κ3) is 2.43. The Kier molecular flexibility index (Phi) is 3.28. The average Bonchev–Trinajstić information content (AvgIpc) is 2.48. The van der Waals surface area contributed by atoms with Gasteiger partial charge in [0.1, 0.15) is 19.3 Å². The minimum Gasteiger partial charge on any atom is -0.486 e. The molecule has 0 atom stereocenters. The molecular weight excluding hydrogens is 266 g/mol. The van der Waals surface area contributed by atoms with Crippen LogP contribution < -0.4 is 20.5 Å². The molecular formula is C16H15N3O2. The van der Waals surface area contributed by atoms with Crippen LogP contribution >= 0.6 is 0 Å². The lowest BCUT2D eigenvalue weighted by Gasteiger charge is -2.21. The van der Waals surface area contributed by atoms with E-state index >= 15 is 0 Å². The number of aryl methyl sites for hydroxylation is 1. The number of nitriles is 1. The van der Waals surface area contributed by atoms with E-state index in [0.29, 0.717) is 41.7 Å². The Labute approximate surface area is 122 Å². The molecule has 0 bridgehead atoms. The van der Waals surface area contributed by atoms with Gasteiger partial charge in [0.15, 0.2) is 11.5 Å². The SMILES string of the molecule is Cc1cccc(Nc2cc3c(cc2N)OCCO3)c1C#N. The molecule has 3 rings (SSSR count). The highest BCUT2D eigenvalue weighted by atomic mass is 16.6. The summed E-state index contributed by atoms with van der Waals surface area (Å²) < 4.78 is 11.0. The van der Waals surface area contributed by atoms with E-state index < -0.39 is 0 Å². The standard InChI is InChI=1S/C16H15N3O2/c1-10-3-2-4-13(11(10)9-17)19-14-8-16-15(7-12(14)18)20-5-6-21-16/h2-4,7-8,19H,5-6,18H2,1H3. The van der Waals surface area contributed by atoms with E-state index in [-0.39, 0.29) is 0 Å². The summed E-state index contributed by atoms with van der Waals surface area (Å²) in [6, 6.07) is 11.4. The van der Waals surface area contributed by atoms with Gasteiger partial charge in [-0.1, -0.05) is 12.1 Å². The molecule has 0 fully saturated rings. The molecule has 0 aromatic heterocycles. The number of fused-ring (bicyclic) bond motifs is 1. The summed E-state index contributed by atoms with van der Waals surface area (Å²) in [6.45, 7) is 2.94. The molecule has 1 heterocycles. The van der Waals surface area contributed by atoms with Gasteiger partial charge in [-0.2, -0.15) is 5.26 Å². The smallest absolute Gasteiger partial charge is 0.163 e. The number of benzene rings is 2. The lowest BCUT2D eigenvalue weighted by molar-refractivity contribution is 0.172. The predicted molar refractivity (Wildman–Crippen MR) is 81.0 cm³/mol. The van der Waals surface area contributed by atoms with E-state index in [1.807, 2.05) is 25.1 Å². The Morgan fingerprint density at radius 1 is 1.14 bits per heavy atom. The first-order valence-electron chi connectivity index (χ1n) is 6.65. The molecule has 2 aromatic rings. The van der Waals surface area contributed by atoms with Crippen LogP contribution in [-0.2, 0) is 0 Å². The zero-order valence-corrected chi connectivity index (χ0v) is 11.6. The van der Waals surface area contributed by atoms with Gasteiger partial charge in [-0.3, -0.25) is 0 Å². The molecule has 0 radical (unpaired) electrons. The largest absolute Gasteiger partial charge is 0.486 e. The number of nitrogen functional groups attached to an aromatic ring is 1. The van der Waals surface area contributed by atoms with Crippen molar-refractivity contribution in [1.29, 1.82) is 5.26 Å². The summed E-state index contributed by atoms with van der Waals surface area (Å²) in [5.41, 5.74) is 9.52. The highest BCUT2D eigenvalue weighted by molar-refractivity contribution is 5.79. The first-order valence-corrected chi connectivity index (χ1v) is 6.65. The lowest BCUT2D eigenvalue weighted by Crippen LogP contribution is -2.15. The van der Waals surface area contributed by atoms with E-state index in [2.05, 4.69) is 11.4 Å². The second kappa shape index (κ2) is 5.25. The first-order chi connectivity index (χ1) is 10.2. The summed E-state index contributed by atoms with van der Waals surface area (Å²) in [5, 5.41) is 12.5. The van der Waals surface area contributed by atoms with Gasteiger partial charge in [0.05, 0.1) is 22.6 Å². The van der Waals surface area contributed by atoms with Crippen molar-refractivity contribution in [3.05, 3.63) is 41.5 Å². The minimum absolute atomic E-state index is 0.518. The molecule has 106 valence electrons. The van der Waals surface area contributed by atoms with Crippen LogP contribution in [0.2, 0.25) is 0 Å². The van der Waals surface area contributed by atoms with Crippen molar-refractivity contribution in [1.82, 2.24) is 0 Å². The van der Waals surface area contributed by atoms with E-state index in [1.54, 1.807) is 12.1 Å². The van der Waals surface area contributed by atoms with Crippen molar-refractivity contribution < 1.29 is 9.47 Å². The maximum atomic E-state index is 9.27. The van der Waals surface area contributed by atoms with Crippen LogP contribution in [0.25, 0.3) is 0 Å². The molecule has 5 heteroatoms. The molecule has 3 N–H and O–H groups in total. The fourth-order valence-corrected chi connectivity index (χ4v) is 2.28. The van der Waals surface area contributed by atoms with Crippen molar-refractivity contribution in [2.75, 3.05) is 24.3 Å². The fraction of sp³-hybridized carbons (Fsp3) is 0.188. The van der Waals surface area contributed by atoms with Crippen molar-refractivity contribution in [3.8, 4) is 17.6 Å². The average molecular weight is 281 g/mol. The number of nitrogens with two attached hydrogens (primary N) is 1. The van der Waals surface area contributed by atoms with Gasteiger partial charge in [0.2, 0.25) is 0 Å². The Morgan fingerprint density at radius 2 is 1.86 bits per heavy atom. The quantitative estimate of drug-likeness (QED) is 0.827. The molecule has 21 heavy (non-hydrogen) atoms. The first kappa shape index (κ1) is 13.1. The molecule has 1 aliphatic rings. The van der Waals surface area contributed by atoms with E-state index in [4.69, 9.17) is 15.2 Å². The zero-order valence-electron chi connectivity index (χ0n) is 11.6. The van der Waals surface area contributed by atoms with Crippen molar-refractivity contribution in [2.45, 2.75) is 6.92 Å². The molecule has 5 nitrogen and oxygen atoms in total. The summed E-state index contributed by atoms with van der Waals surface area (Å²) in [5.74, 6) is 1.30. The van der Waals surface area contributed by atoms with E-state index in [9.17, 15) is 5.26 Å². The van der Waals surface area contributed by atoms with E-state index in [1.165, 1.54) is 0 Å². The van der Waals surface area contributed by atoms with Crippen molar-refractivity contribution in [2.24, 2.45) is 0 Å². The van der Waals surface area contributed by atoms with Gasteiger partial charge < -0.3 is 20.5 Å². The number of hydrogen-bond donors (Lipinski definition) is 2. The number of nitrogens with one attached hydrogen (secondary N) is 1. The maximum Gasteiger partial charge on any atom is 0.163 e. The Bertz CT molecular complexity index is 735. The molecule has 0 saturated heterocycles. The number of hydrogen-bond acceptors (Lipinski definition) is 5. The summed E-state index contributed by atoms with van der Waals surface area (Å²) in [7, 11) is 0. The second-order valence-corrected chi connectivity index (χ2v) is 4.82. The van der Waals surface area contributed by atoms with Crippen LogP contribution in [0.3, 0.4) is 0 Å². The van der Waals surface area contributed by atoms with Gasteiger partial charge in [-0.25, -0.2) is 0 Å². The minimum atomic E-state index is 0.518. The van der Waals surface area contributed by atoms with Crippen LogP contribution in [0.1, 0.15) is 11.1 Å². The molecule has 0 amide bonds. The number of rotatable bonds is 2. The maximum absolute atomic E-state index is 9.27. The third-order valence-electron chi connectivity index (χ3n) is 3.37. The van der Waals surface area contributed by atoms with Crippen molar-refractivity contribution >= 4 is 17.1 Å². The molecule has 2 aromatic carbocycles. The highest BCUT2D eigenvalue weighted by Crippen LogP contribution is 2.38. The Morgan fingerprint density at radius 3 is 2.57 bits per heavy atom.